The van der Waals surface area contributed by atoms with Crippen molar-refractivity contribution in [3.05, 3.63) is 11.3 Å². The molecule has 80 valence electrons. The van der Waals surface area contributed by atoms with Crippen LogP contribution in [0.3, 0.4) is 0 Å². The van der Waals surface area contributed by atoms with E-state index in [0.29, 0.717) is 0 Å². The molecule has 0 amide bonds. The van der Waals surface area contributed by atoms with Crippen molar-refractivity contribution in [2.45, 2.75) is 20.8 Å². The Morgan fingerprint density at radius 3 is 1.93 bits per heavy atom. The van der Waals surface area contributed by atoms with Crippen molar-refractivity contribution in [1.82, 2.24) is 0 Å². The first kappa shape index (κ1) is 12.5. The maximum Gasteiger partial charge on any atom is 0.354 e. The molecule has 14 heavy (non-hydrogen) atoms. The van der Waals surface area contributed by atoms with Gasteiger partial charge in [-0.3, -0.25) is 0 Å². The normalized spacial score (nSPS) is 11.6. The third kappa shape index (κ3) is 3.47. The number of nitrogens with two attached hydrogens (primary N) is 1. The van der Waals surface area contributed by atoms with Gasteiger partial charge in [-0.15, -0.1) is 0 Å². The first-order chi connectivity index (χ1) is 6.54. The summed E-state index contributed by atoms with van der Waals surface area (Å²) in [4.78, 5) is 22.2. The lowest BCUT2D eigenvalue weighted by molar-refractivity contribution is -0.141. The van der Waals surface area contributed by atoms with E-state index in [-0.39, 0.29) is 24.5 Å². The predicted octanol–water partition coefficient (Wildman–Crippen LogP) is 0.345. The van der Waals surface area contributed by atoms with Crippen LogP contribution in [0.5, 0.6) is 0 Å². The maximum atomic E-state index is 11.1. The van der Waals surface area contributed by atoms with Crippen LogP contribution in [-0.4, -0.2) is 25.2 Å². The van der Waals surface area contributed by atoms with Gasteiger partial charge in [0.25, 0.3) is 0 Å². The van der Waals surface area contributed by atoms with E-state index >= 15 is 0 Å². The standard InChI is InChI=1S/C9H15NO4/c1-4-13-8(11)6(3)7(10)9(12)14-5-2/h4-5,10H2,1-3H3. The topological polar surface area (TPSA) is 78.6 Å². The number of hydrogen-bond acceptors (Lipinski definition) is 5. The summed E-state index contributed by atoms with van der Waals surface area (Å²) in [6.07, 6.45) is 0. The van der Waals surface area contributed by atoms with E-state index in [9.17, 15) is 9.59 Å². The van der Waals surface area contributed by atoms with Crippen molar-refractivity contribution in [2.24, 2.45) is 5.73 Å². The Kier molecular flexibility index (Phi) is 5.36. The van der Waals surface area contributed by atoms with Gasteiger partial charge in [-0.25, -0.2) is 9.59 Å². The smallest absolute Gasteiger partial charge is 0.354 e. The second-order valence-electron chi connectivity index (χ2n) is 2.48. The lowest BCUT2D eigenvalue weighted by atomic mass is 10.2. The van der Waals surface area contributed by atoms with E-state index in [4.69, 9.17) is 5.73 Å². The Bertz CT molecular complexity index is 232. The van der Waals surface area contributed by atoms with Crippen LogP contribution >= 0.6 is 0 Å². The van der Waals surface area contributed by atoms with Gasteiger partial charge in [-0.2, -0.15) is 0 Å². The number of hydrogen-bond donors (Lipinski definition) is 1. The molecule has 0 aromatic heterocycles. The quantitative estimate of drug-likeness (QED) is 0.524. The highest BCUT2D eigenvalue weighted by Gasteiger charge is 2.15. The Morgan fingerprint density at radius 1 is 1.07 bits per heavy atom. The van der Waals surface area contributed by atoms with Crippen molar-refractivity contribution < 1.29 is 19.1 Å². The Labute approximate surface area is 82.9 Å². The molecule has 2 N–H and O–H groups in total. The number of esters is 2. The zero-order chi connectivity index (χ0) is 11.1. The highest BCUT2D eigenvalue weighted by atomic mass is 16.5. The van der Waals surface area contributed by atoms with Gasteiger partial charge in [0.15, 0.2) is 0 Å². The molecule has 0 radical (unpaired) electrons. The fourth-order valence-corrected chi connectivity index (χ4v) is 0.711. The third-order valence-electron chi connectivity index (χ3n) is 1.48. The molecule has 0 heterocycles. The van der Waals surface area contributed by atoms with Crippen LogP contribution in [0.2, 0.25) is 0 Å². The third-order valence-corrected chi connectivity index (χ3v) is 1.48. The van der Waals surface area contributed by atoms with E-state index in [0.717, 1.165) is 0 Å². The van der Waals surface area contributed by atoms with Crippen molar-refractivity contribution in [3.8, 4) is 0 Å². The van der Waals surface area contributed by atoms with E-state index in [1.54, 1.807) is 13.8 Å². The minimum absolute atomic E-state index is 0.0744. The summed E-state index contributed by atoms with van der Waals surface area (Å²) in [5.74, 6) is -1.30. The molecule has 0 aliphatic carbocycles. The van der Waals surface area contributed by atoms with Crippen molar-refractivity contribution in [1.29, 1.82) is 0 Å². The number of carbonyl (C=O) groups excluding carboxylic acids is 2. The monoisotopic (exact) mass is 201 g/mol. The SMILES string of the molecule is CCOC(=O)C(C)=C(N)C(=O)OCC. The van der Waals surface area contributed by atoms with Crippen LogP contribution < -0.4 is 5.73 Å². The number of carbonyl (C=O) groups is 2. The number of rotatable bonds is 4. The molecule has 0 aliphatic heterocycles. The van der Waals surface area contributed by atoms with Gasteiger partial charge in [0.2, 0.25) is 0 Å². The summed E-state index contributed by atoms with van der Waals surface area (Å²) in [7, 11) is 0. The van der Waals surface area contributed by atoms with Crippen molar-refractivity contribution in [2.75, 3.05) is 13.2 Å². The van der Waals surface area contributed by atoms with E-state index in [1.165, 1.54) is 6.92 Å². The summed E-state index contributed by atoms with van der Waals surface area (Å²) < 4.78 is 9.29. The molecule has 0 aromatic rings. The summed E-state index contributed by atoms with van der Waals surface area (Å²) >= 11 is 0. The molecule has 0 aliphatic rings. The fraction of sp³-hybridized carbons (Fsp3) is 0.556. The molecule has 0 saturated heterocycles. The molecule has 0 aromatic carbocycles. The highest BCUT2D eigenvalue weighted by Crippen LogP contribution is 2.02. The summed E-state index contributed by atoms with van der Waals surface area (Å²) in [6, 6.07) is 0. The lowest BCUT2D eigenvalue weighted by Crippen LogP contribution is -2.20. The molecule has 0 bridgehead atoms. The van der Waals surface area contributed by atoms with Crippen LogP contribution in [-0.2, 0) is 19.1 Å². The lowest BCUT2D eigenvalue weighted by Gasteiger charge is -2.06. The minimum atomic E-state index is -0.696. The maximum absolute atomic E-state index is 11.1. The van der Waals surface area contributed by atoms with E-state index in [2.05, 4.69) is 9.47 Å². The molecule has 0 rings (SSSR count). The first-order valence-electron chi connectivity index (χ1n) is 4.35. The van der Waals surface area contributed by atoms with Crippen molar-refractivity contribution in [3.63, 3.8) is 0 Å². The Morgan fingerprint density at radius 2 is 1.50 bits per heavy atom. The molecule has 0 unspecified atom stereocenters. The van der Waals surface area contributed by atoms with Gasteiger partial charge in [-0.05, 0) is 20.8 Å². The average Bonchev–Trinajstić information content (AvgIpc) is 2.16. The summed E-state index contributed by atoms with van der Waals surface area (Å²) in [5, 5.41) is 0. The second kappa shape index (κ2) is 6.01. The van der Waals surface area contributed by atoms with Crippen LogP contribution in [0.4, 0.5) is 0 Å². The molecule has 0 atom stereocenters. The van der Waals surface area contributed by atoms with Crippen LogP contribution in [0.1, 0.15) is 20.8 Å². The molecule has 5 nitrogen and oxygen atoms in total. The molecular weight excluding hydrogens is 186 g/mol. The molecule has 0 saturated carbocycles. The van der Waals surface area contributed by atoms with Gasteiger partial charge in [0.1, 0.15) is 5.70 Å². The minimum Gasteiger partial charge on any atom is -0.463 e. The molecule has 0 fully saturated rings. The average molecular weight is 201 g/mol. The highest BCUT2D eigenvalue weighted by molar-refractivity contribution is 5.99. The largest absolute Gasteiger partial charge is 0.463 e. The van der Waals surface area contributed by atoms with E-state index < -0.39 is 11.9 Å². The van der Waals surface area contributed by atoms with Gasteiger partial charge in [0.05, 0.1) is 18.8 Å². The van der Waals surface area contributed by atoms with Gasteiger partial charge >= 0.3 is 11.9 Å². The van der Waals surface area contributed by atoms with Crippen molar-refractivity contribution >= 4 is 11.9 Å². The van der Waals surface area contributed by atoms with Crippen LogP contribution in [0.25, 0.3) is 0 Å². The first-order valence-corrected chi connectivity index (χ1v) is 4.35. The second-order valence-corrected chi connectivity index (χ2v) is 2.48. The Hall–Kier alpha value is -1.52. The summed E-state index contributed by atoms with van der Waals surface area (Å²) in [5.41, 5.74) is 5.25. The zero-order valence-electron chi connectivity index (χ0n) is 8.62. The van der Waals surface area contributed by atoms with Crippen LogP contribution in [0.15, 0.2) is 11.3 Å². The van der Waals surface area contributed by atoms with Gasteiger partial charge < -0.3 is 15.2 Å². The Balaban J connectivity index is 4.57. The van der Waals surface area contributed by atoms with Gasteiger partial charge in [-0.1, -0.05) is 0 Å². The summed E-state index contributed by atoms with van der Waals surface area (Å²) in [6.45, 7) is 5.21. The van der Waals surface area contributed by atoms with Crippen LogP contribution in [0, 0.1) is 0 Å². The molecule has 0 spiro atoms. The predicted molar refractivity (Wildman–Crippen MR) is 50.2 cm³/mol. The van der Waals surface area contributed by atoms with Gasteiger partial charge in [0, 0.05) is 0 Å². The molecule has 5 heteroatoms. The molecular formula is C9H15NO4. The van der Waals surface area contributed by atoms with E-state index in [1.807, 2.05) is 0 Å². The zero-order valence-corrected chi connectivity index (χ0v) is 8.62. The fourth-order valence-electron chi connectivity index (χ4n) is 0.711. The number of ether oxygens (including phenoxy) is 2.